The number of hydrogen-bond acceptors (Lipinski definition) is 7. The number of aromatic amines is 1. The van der Waals surface area contributed by atoms with E-state index >= 15 is 0 Å². The number of anilines is 1. The lowest BCUT2D eigenvalue weighted by Crippen LogP contribution is -2.30. The van der Waals surface area contributed by atoms with Gasteiger partial charge in [-0.2, -0.15) is 4.31 Å². The van der Waals surface area contributed by atoms with Gasteiger partial charge >= 0.3 is 0 Å². The SMILES string of the molecule is CCN(CC)S(=O)(=O)c1ccc2nc(NC(=O)CSc3nc4ccccc4[nH]3)sc2c1. The number of thiazole rings is 1. The van der Waals surface area contributed by atoms with Crippen molar-refractivity contribution in [2.75, 3.05) is 24.2 Å². The van der Waals surface area contributed by atoms with Gasteiger partial charge in [0.15, 0.2) is 10.3 Å². The van der Waals surface area contributed by atoms with Gasteiger partial charge in [0, 0.05) is 13.1 Å². The first-order valence-corrected chi connectivity index (χ1v) is 12.9. The van der Waals surface area contributed by atoms with Crippen LogP contribution in [0, 0.1) is 0 Å². The summed E-state index contributed by atoms with van der Waals surface area (Å²) < 4.78 is 27.6. The van der Waals surface area contributed by atoms with E-state index in [1.807, 2.05) is 38.1 Å². The highest BCUT2D eigenvalue weighted by Crippen LogP contribution is 2.29. The van der Waals surface area contributed by atoms with Gasteiger partial charge in [-0.3, -0.25) is 4.79 Å². The van der Waals surface area contributed by atoms with Gasteiger partial charge in [0.25, 0.3) is 0 Å². The predicted octanol–water partition coefficient (Wildman–Crippen LogP) is 3.93. The second kappa shape index (κ2) is 8.95. The van der Waals surface area contributed by atoms with Gasteiger partial charge < -0.3 is 10.3 Å². The van der Waals surface area contributed by atoms with Crippen LogP contribution in [0.1, 0.15) is 13.8 Å². The molecule has 0 aliphatic rings. The van der Waals surface area contributed by atoms with Crippen LogP contribution >= 0.6 is 23.1 Å². The zero-order valence-electron chi connectivity index (χ0n) is 17.0. The smallest absolute Gasteiger partial charge is 0.243 e. The van der Waals surface area contributed by atoms with E-state index in [1.165, 1.54) is 27.4 Å². The van der Waals surface area contributed by atoms with Crippen molar-refractivity contribution in [2.24, 2.45) is 0 Å². The Hall–Kier alpha value is -2.47. The number of nitrogens with one attached hydrogen (secondary N) is 2. The highest BCUT2D eigenvalue weighted by Gasteiger charge is 2.22. The van der Waals surface area contributed by atoms with Crippen LogP contribution in [-0.4, -0.2) is 52.4 Å². The first kappa shape index (κ1) is 21.8. The summed E-state index contributed by atoms with van der Waals surface area (Å²) in [5.74, 6) is -0.0300. The molecule has 0 aliphatic carbocycles. The maximum absolute atomic E-state index is 12.7. The number of imidazole rings is 1. The lowest BCUT2D eigenvalue weighted by atomic mass is 10.3. The molecule has 0 unspecified atom stereocenters. The molecule has 1 amide bonds. The zero-order chi connectivity index (χ0) is 22.0. The van der Waals surface area contributed by atoms with E-state index in [1.54, 1.807) is 18.2 Å². The van der Waals surface area contributed by atoms with Crippen molar-refractivity contribution in [3.63, 3.8) is 0 Å². The van der Waals surface area contributed by atoms with Crippen molar-refractivity contribution >= 4 is 65.4 Å². The molecule has 2 aromatic heterocycles. The second-order valence-corrected chi connectivity index (χ2v) is 10.6. The Morgan fingerprint density at radius 2 is 1.90 bits per heavy atom. The minimum absolute atomic E-state index is 0.178. The van der Waals surface area contributed by atoms with E-state index in [-0.39, 0.29) is 16.6 Å². The maximum Gasteiger partial charge on any atom is 0.243 e. The van der Waals surface area contributed by atoms with Crippen LogP contribution in [0.3, 0.4) is 0 Å². The molecule has 0 saturated heterocycles. The van der Waals surface area contributed by atoms with Gasteiger partial charge in [0.1, 0.15) is 0 Å². The number of thioether (sulfide) groups is 1. The fraction of sp³-hybridized carbons (Fsp3) is 0.250. The normalized spacial score (nSPS) is 12.1. The third kappa shape index (κ3) is 4.59. The highest BCUT2D eigenvalue weighted by atomic mass is 32.2. The lowest BCUT2D eigenvalue weighted by molar-refractivity contribution is -0.113. The monoisotopic (exact) mass is 475 g/mol. The molecule has 8 nitrogen and oxygen atoms in total. The van der Waals surface area contributed by atoms with Crippen LogP contribution in [0.2, 0.25) is 0 Å². The van der Waals surface area contributed by atoms with Gasteiger partial charge in [-0.05, 0) is 30.3 Å². The number of H-pyrrole nitrogens is 1. The summed E-state index contributed by atoms with van der Waals surface area (Å²) >= 11 is 2.56. The molecule has 0 saturated carbocycles. The van der Waals surface area contributed by atoms with Gasteiger partial charge in [-0.25, -0.2) is 18.4 Å². The number of aromatic nitrogens is 3. The van der Waals surface area contributed by atoms with Crippen LogP contribution in [-0.2, 0) is 14.8 Å². The van der Waals surface area contributed by atoms with E-state index in [0.29, 0.717) is 33.6 Å². The van der Waals surface area contributed by atoms with Crippen molar-refractivity contribution in [2.45, 2.75) is 23.9 Å². The Balaban J connectivity index is 1.45. The number of nitrogens with zero attached hydrogens (tertiary/aromatic N) is 3. The van der Waals surface area contributed by atoms with E-state index in [9.17, 15) is 13.2 Å². The van der Waals surface area contributed by atoms with E-state index in [2.05, 4.69) is 20.3 Å². The summed E-state index contributed by atoms with van der Waals surface area (Å²) in [6, 6.07) is 12.5. The minimum atomic E-state index is -3.55. The van der Waals surface area contributed by atoms with Crippen LogP contribution in [0.15, 0.2) is 52.5 Å². The Labute approximate surface area is 188 Å². The predicted molar refractivity (Wildman–Crippen MR) is 125 cm³/mol. The first-order chi connectivity index (χ1) is 14.9. The van der Waals surface area contributed by atoms with Crippen LogP contribution < -0.4 is 5.32 Å². The fourth-order valence-corrected chi connectivity index (χ4v) is 6.28. The van der Waals surface area contributed by atoms with Crippen molar-refractivity contribution in [1.82, 2.24) is 19.3 Å². The number of sulfonamides is 1. The zero-order valence-corrected chi connectivity index (χ0v) is 19.4. The molecule has 2 aromatic carbocycles. The Bertz CT molecular complexity index is 1310. The second-order valence-electron chi connectivity index (χ2n) is 6.63. The van der Waals surface area contributed by atoms with E-state index in [4.69, 9.17) is 0 Å². The molecule has 0 radical (unpaired) electrons. The number of para-hydroxylation sites is 2. The largest absolute Gasteiger partial charge is 0.333 e. The number of carbonyl (C=O) groups excluding carboxylic acids is 1. The maximum atomic E-state index is 12.7. The molecule has 0 spiro atoms. The average Bonchev–Trinajstić information content (AvgIpc) is 3.35. The molecular weight excluding hydrogens is 454 g/mol. The molecule has 4 aromatic rings. The van der Waals surface area contributed by atoms with Crippen molar-refractivity contribution in [3.05, 3.63) is 42.5 Å². The third-order valence-corrected chi connectivity index (χ3v) is 8.51. The molecule has 31 heavy (non-hydrogen) atoms. The van der Waals surface area contributed by atoms with Gasteiger partial charge in [0.2, 0.25) is 15.9 Å². The molecular formula is C20H21N5O3S3. The lowest BCUT2D eigenvalue weighted by Gasteiger charge is -2.18. The number of rotatable bonds is 8. The molecule has 0 atom stereocenters. The molecule has 11 heteroatoms. The number of hydrogen-bond donors (Lipinski definition) is 2. The molecule has 4 rings (SSSR count). The number of carbonyl (C=O) groups is 1. The van der Waals surface area contributed by atoms with Crippen molar-refractivity contribution < 1.29 is 13.2 Å². The standard InChI is InChI=1S/C20H21N5O3S3/c1-3-25(4-2)31(27,28)13-9-10-16-17(11-13)30-20(23-16)24-18(26)12-29-19-21-14-7-5-6-8-15(14)22-19/h5-11H,3-4,12H2,1-2H3,(H,21,22)(H,23,24,26). The molecule has 2 heterocycles. The molecule has 0 fully saturated rings. The Morgan fingerprint density at radius 1 is 1.13 bits per heavy atom. The van der Waals surface area contributed by atoms with Crippen molar-refractivity contribution in [1.29, 1.82) is 0 Å². The summed E-state index contributed by atoms with van der Waals surface area (Å²) in [6.07, 6.45) is 0. The average molecular weight is 476 g/mol. The van der Waals surface area contributed by atoms with Crippen LogP contribution in [0.5, 0.6) is 0 Å². The summed E-state index contributed by atoms with van der Waals surface area (Å²) in [5.41, 5.74) is 2.42. The minimum Gasteiger partial charge on any atom is -0.333 e. The highest BCUT2D eigenvalue weighted by molar-refractivity contribution is 7.99. The van der Waals surface area contributed by atoms with Crippen LogP contribution in [0.25, 0.3) is 21.3 Å². The van der Waals surface area contributed by atoms with Gasteiger partial charge in [-0.15, -0.1) is 0 Å². The summed E-state index contributed by atoms with van der Waals surface area (Å²) in [5, 5.41) is 3.89. The van der Waals surface area contributed by atoms with E-state index in [0.717, 1.165) is 11.0 Å². The van der Waals surface area contributed by atoms with Gasteiger partial charge in [0.05, 0.1) is 31.9 Å². The van der Waals surface area contributed by atoms with Crippen molar-refractivity contribution in [3.8, 4) is 0 Å². The number of fused-ring (bicyclic) bond motifs is 2. The molecule has 162 valence electrons. The fourth-order valence-electron chi connectivity index (χ4n) is 3.12. The Kier molecular flexibility index (Phi) is 6.28. The molecule has 0 bridgehead atoms. The first-order valence-electron chi connectivity index (χ1n) is 9.69. The number of benzene rings is 2. The molecule has 0 aliphatic heterocycles. The quantitative estimate of drug-likeness (QED) is 0.374. The summed E-state index contributed by atoms with van der Waals surface area (Å²) in [7, 11) is -3.55. The molecule has 2 N–H and O–H groups in total. The summed E-state index contributed by atoms with van der Waals surface area (Å²) in [6.45, 7) is 4.43. The summed E-state index contributed by atoms with van der Waals surface area (Å²) in [4.78, 5) is 24.6. The van der Waals surface area contributed by atoms with Gasteiger partial charge in [-0.1, -0.05) is 49.1 Å². The topological polar surface area (TPSA) is 108 Å². The Morgan fingerprint density at radius 3 is 2.65 bits per heavy atom. The van der Waals surface area contributed by atoms with Crippen LogP contribution in [0.4, 0.5) is 5.13 Å². The third-order valence-electron chi connectivity index (χ3n) is 4.66. The number of amides is 1. The van der Waals surface area contributed by atoms with E-state index < -0.39 is 10.0 Å².